The molecule has 0 aromatic carbocycles. The van der Waals surface area contributed by atoms with Gasteiger partial charge in [-0.05, 0) is 19.3 Å². The van der Waals surface area contributed by atoms with E-state index in [0.717, 1.165) is 19.3 Å². The summed E-state index contributed by atoms with van der Waals surface area (Å²) in [6.07, 6.45) is 2.62. The molecular formula is C11H27O3Ti-. The van der Waals surface area contributed by atoms with Crippen LogP contribution in [-0.2, 0) is 21.7 Å². The zero-order valence-electron chi connectivity index (χ0n) is 10.4. The molecule has 4 heteroatoms. The Hall–Kier alpha value is 0.334. The molecule has 0 spiro atoms. The van der Waals surface area contributed by atoms with Crippen molar-refractivity contribution < 1.29 is 37.0 Å². The molecule has 3 nitrogen and oxygen atoms in total. The Morgan fingerprint density at radius 3 is 0.800 bits per heavy atom. The number of aliphatic hydroxyl groups excluding tert-OH is 3. The van der Waals surface area contributed by atoms with E-state index in [-0.39, 0.29) is 21.7 Å². The Balaban J connectivity index is -0.0000000298. The van der Waals surface area contributed by atoms with Crippen molar-refractivity contribution in [2.75, 3.05) is 19.8 Å². The summed E-state index contributed by atoms with van der Waals surface area (Å²) in [5, 5.41) is 23.6. The van der Waals surface area contributed by atoms with Gasteiger partial charge in [0, 0.05) is 41.5 Å². The third-order valence-corrected chi connectivity index (χ3v) is 0.671. The summed E-state index contributed by atoms with van der Waals surface area (Å²) in [7, 11) is 0. The largest absolute Gasteiger partial charge is 0.521 e. The Labute approximate surface area is 110 Å². The van der Waals surface area contributed by atoms with Crippen LogP contribution in [0.2, 0.25) is 0 Å². The summed E-state index contributed by atoms with van der Waals surface area (Å²) in [4.78, 5) is 0. The first-order valence-electron chi connectivity index (χ1n) is 4.98. The van der Waals surface area contributed by atoms with E-state index in [4.69, 9.17) is 15.3 Å². The van der Waals surface area contributed by atoms with Gasteiger partial charge in [0.2, 0.25) is 0 Å². The minimum atomic E-state index is 0. The molecule has 0 aliphatic carbocycles. The van der Waals surface area contributed by atoms with Crippen molar-refractivity contribution in [3.05, 3.63) is 13.2 Å². The van der Waals surface area contributed by atoms with E-state index in [9.17, 15) is 0 Å². The van der Waals surface area contributed by atoms with Crippen LogP contribution in [0.25, 0.3) is 0 Å². The quantitative estimate of drug-likeness (QED) is 0.532. The first kappa shape index (κ1) is 29.5. The summed E-state index contributed by atoms with van der Waals surface area (Å²) in [6, 6.07) is 0. The minimum Gasteiger partial charge on any atom is -0.521 e. The van der Waals surface area contributed by atoms with E-state index in [1.165, 1.54) is 0 Å². The minimum absolute atomic E-state index is 0. The van der Waals surface area contributed by atoms with Crippen molar-refractivity contribution in [2.24, 2.45) is 0 Å². The molecule has 0 unspecified atom stereocenters. The molecule has 3 N–H and O–H groups in total. The maximum atomic E-state index is 7.88. The number of hydrogen-bond acceptors (Lipinski definition) is 3. The first-order chi connectivity index (χ1) is 6.74. The van der Waals surface area contributed by atoms with Gasteiger partial charge in [-0.1, -0.05) is 20.8 Å². The normalized spacial score (nSPS) is 6.27. The van der Waals surface area contributed by atoms with E-state index in [2.05, 4.69) is 13.2 Å². The molecule has 0 aliphatic heterocycles. The number of aliphatic hydroxyl groups is 3. The van der Waals surface area contributed by atoms with Crippen LogP contribution >= 0.6 is 0 Å². The summed E-state index contributed by atoms with van der Waals surface area (Å²) in [6.45, 7) is 13.8. The SMILES string of the molecule is CCCO.CCCO.CCCO.[CH-]=C.[Ti]. The van der Waals surface area contributed by atoms with Gasteiger partial charge >= 0.3 is 0 Å². The van der Waals surface area contributed by atoms with Crippen LogP contribution in [0, 0.1) is 6.58 Å². The van der Waals surface area contributed by atoms with Crippen LogP contribution < -0.4 is 0 Å². The van der Waals surface area contributed by atoms with Crippen LogP contribution in [0.15, 0.2) is 6.58 Å². The standard InChI is InChI=1S/3C3H8O.C2H3.Ti/c3*1-2-3-4;1-2;/h3*4H,2-3H2,1H3;1H,2H2;/q;;;-1;. The van der Waals surface area contributed by atoms with E-state index in [1.54, 1.807) is 0 Å². The fourth-order valence-corrected chi connectivity index (χ4v) is 0. The Morgan fingerprint density at radius 1 is 0.733 bits per heavy atom. The Morgan fingerprint density at radius 2 is 0.800 bits per heavy atom. The molecule has 15 heavy (non-hydrogen) atoms. The monoisotopic (exact) mass is 255 g/mol. The van der Waals surface area contributed by atoms with Crippen LogP contribution in [0.5, 0.6) is 0 Å². The van der Waals surface area contributed by atoms with Crippen molar-refractivity contribution >= 4 is 0 Å². The van der Waals surface area contributed by atoms with Gasteiger partial charge in [0.05, 0.1) is 0 Å². The molecule has 0 aromatic rings. The van der Waals surface area contributed by atoms with Crippen LogP contribution in [0.1, 0.15) is 40.0 Å². The molecule has 0 rings (SSSR count). The molecule has 0 aliphatic rings. The number of hydrogen-bond donors (Lipinski definition) is 3. The van der Waals surface area contributed by atoms with Crippen LogP contribution in [0.4, 0.5) is 0 Å². The summed E-state index contributed by atoms with van der Waals surface area (Å²) >= 11 is 0. The topological polar surface area (TPSA) is 60.7 Å². The second-order valence-corrected chi connectivity index (χ2v) is 2.17. The second kappa shape index (κ2) is 63.5. The van der Waals surface area contributed by atoms with Crippen molar-refractivity contribution in [3.63, 3.8) is 0 Å². The molecule has 0 saturated carbocycles. The second-order valence-electron chi connectivity index (χ2n) is 2.17. The maximum absolute atomic E-state index is 7.88. The molecule has 0 amide bonds. The zero-order chi connectivity index (χ0) is 12.2. The van der Waals surface area contributed by atoms with Gasteiger partial charge in [0.15, 0.2) is 0 Å². The molecular weight excluding hydrogens is 228 g/mol. The van der Waals surface area contributed by atoms with E-state index in [0.29, 0.717) is 19.8 Å². The summed E-state index contributed by atoms with van der Waals surface area (Å²) in [5.41, 5.74) is 0. The van der Waals surface area contributed by atoms with Gasteiger partial charge in [-0.2, -0.15) is 0 Å². The molecule has 0 atom stereocenters. The number of rotatable bonds is 3. The first-order valence-corrected chi connectivity index (χ1v) is 4.98. The maximum Gasteiger partial charge on any atom is 0.0428 e. The van der Waals surface area contributed by atoms with Crippen LogP contribution in [0.3, 0.4) is 0 Å². The van der Waals surface area contributed by atoms with Crippen molar-refractivity contribution in [2.45, 2.75) is 40.0 Å². The van der Waals surface area contributed by atoms with Crippen molar-refractivity contribution in [1.29, 1.82) is 0 Å². The molecule has 0 saturated heterocycles. The van der Waals surface area contributed by atoms with Crippen LogP contribution in [-0.4, -0.2) is 35.1 Å². The summed E-state index contributed by atoms with van der Waals surface area (Å²) < 4.78 is 0. The van der Waals surface area contributed by atoms with E-state index >= 15 is 0 Å². The molecule has 0 heterocycles. The molecule has 0 fully saturated rings. The van der Waals surface area contributed by atoms with Gasteiger partial charge in [0.25, 0.3) is 0 Å². The zero-order valence-corrected chi connectivity index (χ0v) is 11.9. The predicted octanol–water partition coefficient (Wildman–Crippen LogP) is 1.77. The Kier molecular flexibility index (Phi) is 125. The van der Waals surface area contributed by atoms with Gasteiger partial charge < -0.3 is 21.9 Å². The third-order valence-electron chi connectivity index (χ3n) is 0.671. The Bertz CT molecular complexity index is 39.6. The molecule has 0 radical (unpaired) electrons. The predicted molar refractivity (Wildman–Crippen MR) is 62.1 cm³/mol. The molecule has 94 valence electrons. The van der Waals surface area contributed by atoms with Gasteiger partial charge in [-0.25, -0.2) is 0 Å². The van der Waals surface area contributed by atoms with Crippen molar-refractivity contribution in [3.8, 4) is 0 Å². The van der Waals surface area contributed by atoms with Gasteiger partial charge in [-0.15, -0.1) is 0 Å². The average molecular weight is 255 g/mol. The van der Waals surface area contributed by atoms with E-state index < -0.39 is 0 Å². The van der Waals surface area contributed by atoms with Gasteiger partial charge in [0.1, 0.15) is 0 Å². The smallest absolute Gasteiger partial charge is 0.0428 e. The average Bonchev–Trinajstić information content (AvgIpc) is 2.31. The molecule has 0 bridgehead atoms. The summed E-state index contributed by atoms with van der Waals surface area (Å²) in [5.74, 6) is 0. The van der Waals surface area contributed by atoms with E-state index in [1.807, 2.05) is 20.8 Å². The third kappa shape index (κ3) is 196. The van der Waals surface area contributed by atoms with Crippen molar-refractivity contribution in [1.82, 2.24) is 0 Å². The van der Waals surface area contributed by atoms with Gasteiger partial charge in [-0.3, -0.25) is 6.58 Å². The fraction of sp³-hybridized carbons (Fsp3) is 0.818. The fourth-order valence-electron chi connectivity index (χ4n) is 0. The molecule has 0 aromatic heterocycles.